The van der Waals surface area contributed by atoms with Crippen LogP contribution in [0.2, 0.25) is 0 Å². The fourth-order valence-electron chi connectivity index (χ4n) is 3.37. The first-order valence-corrected chi connectivity index (χ1v) is 8.37. The molecule has 5 heteroatoms. The van der Waals surface area contributed by atoms with Crippen molar-refractivity contribution < 1.29 is 4.79 Å². The number of nitrogens with zero attached hydrogens (tertiary/aromatic N) is 3. The Labute approximate surface area is 136 Å². The van der Waals surface area contributed by atoms with Crippen molar-refractivity contribution in [3.05, 3.63) is 47.8 Å². The quantitative estimate of drug-likeness (QED) is 0.942. The molecule has 2 aliphatic rings. The predicted octanol–water partition coefficient (Wildman–Crippen LogP) is 2.18. The third-order valence-electron chi connectivity index (χ3n) is 4.90. The first-order valence-electron chi connectivity index (χ1n) is 8.37. The molecule has 120 valence electrons. The number of aromatic nitrogens is 2. The van der Waals surface area contributed by atoms with Gasteiger partial charge in [0.1, 0.15) is 0 Å². The molecule has 1 atom stereocenters. The van der Waals surface area contributed by atoms with Crippen LogP contribution in [0.25, 0.3) is 5.69 Å². The van der Waals surface area contributed by atoms with Gasteiger partial charge in [-0.25, -0.2) is 4.68 Å². The Morgan fingerprint density at radius 1 is 1.26 bits per heavy atom. The average molecular weight is 310 g/mol. The Morgan fingerprint density at radius 2 is 2.04 bits per heavy atom. The van der Waals surface area contributed by atoms with E-state index in [2.05, 4.69) is 10.4 Å². The van der Waals surface area contributed by atoms with E-state index < -0.39 is 0 Å². The lowest BCUT2D eigenvalue weighted by molar-refractivity contribution is 0.0742. The van der Waals surface area contributed by atoms with E-state index in [1.54, 1.807) is 6.20 Å². The summed E-state index contributed by atoms with van der Waals surface area (Å²) in [5.74, 6) is 0.564. The number of amides is 1. The van der Waals surface area contributed by atoms with E-state index in [0.29, 0.717) is 5.92 Å². The van der Waals surface area contributed by atoms with Gasteiger partial charge in [0, 0.05) is 25.6 Å². The molecular formula is C18H22N4O. The predicted molar refractivity (Wildman–Crippen MR) is 88.9 cm³/mol. The molecule has 2 heterocycles. The molecular weight excluding hydrogens is 288 g/mol. The van der Waals surface area contributed by atoms with E-state index in [4.69, 9.17) is 0 Å². The summed E-state index contributed by atoms with van der Waals surface area (Å²) in [6.07, 6.45) is 5.07. The number of benzene rings is 1. The fourth-order valence-corrected chi connectivity index (χ4v) is 3.37. The van der Waals surface area contributed by atoms with Crippen molar-refractivity contribution in [2.75, 3.05) is 20.1 Å². The molecule has 1 N–H and O–H groups in total. The molecule has 23 heavy (non-hydrogen) atoms. The fraction of sp³-hybridized carbons (Fsp3) is 0.444. The van der Waals surface area contributed by atoms with Crippen LogP contribution in [0.4, 0.5) is 0 Å². The minimum atomic E-state index is 0.0998. The van der Waals surface area contributed by atoms with Crippen LogP contribution in [0.5, 0.6) is 0 Å². The Hall–Kier alpha value is -2.14. The zero-order valence-corrected chi connectivity index (χ0v) is 13.4. The van der Waals surface area contributed by atoms with E-state index in [0.717, 1.165) is 49.3 Å². The van der Waals surface area contributed by atoms with E-state index in [9.17, 15) is 4.79 Å². The number of carbonyl (C=O) groups excluding carboxylic acids is 1. The van der Waals surface area contributed by atoms with Crippen LogP contribution in [0.1, 0.15) is 41.2 Å². The second-order valence-corrected chi connectivity index (χ2v) is 6.53. The monoisotopic (exact) mass is 310 g/mol. The SMILES string of the molecule is CN(C(=O)c1cnn(-c2ccccc2)c1C1CC1)C1CCNC1. The molecule has 1 aliphatic heterocycles. The van der Waals surface area contributed by atoms with E-state index >= 15 is 0 Å². The number of hydrogen-bond donors (Lipinski definition) is 1. The molecule has 2 fully saturated rings. The molecule has 1 saturated heterocycles. The van der Waals surface area contributed by atoms with E-state index in [1.807, 2.05) is 47.0 Å². The maximum Gasteiger partial charge on any atom is 0.257 e. The lowest BCUT2D eigenvalue weighted by atomic mass is 10.1. The first-order chi connectivity index (χ1) is 11.3. The van der Waals surface area contributed by atoms with Crippen LogP contribution >= 0.6 is 0 Å². The van der Waals surface area contributed by atoms with Gasteiger partial charge in [-0.2, -0.15) is 5.10 Å². The van der Waals surface area contributed by atoms with Crippen LogP contribution in [0.3, 0.4) is 0 Å². The second kappa shape index (κ2) is 5.81. The van der Waals surface area contributed by atoms with Crippen molar-refractivity contribution in [3.8, 4) is 5.69 Å². The summed E-state index contributed by atoms with van der Waals surface area (Å²) in [7, 11) is 1.91. The topological polar surface area (TPSA) is 50.2 Å². The second-order valence-electron chi connectivity index (χ2n) is 6.53. The minimum Gasteiger partial charge on any atom is -0.337 e. The lowest BCUT2D eigenvalue weighted by Crippen LogP contribution is -2.38. The third-order valence-corrected chi connectivity index (χ3v) is 4.90. The summed E-state index contributed by atoms with van der Waals surface area (Å²) >= 11 is 0. The molecule has 1 aromatic carbocycles. The molecule has 1 amide bonds. The van der Waals surface area contributed by atoms with Gasteiger partial charge in [0.15, 0.2) is 0 Å². The van der Waals surface area contributed by atoms with Crippen molar-refractivity contribution in [1.29, 1.82) is 0 Å². The number of likely N-dealkylation sites (N-methyl/N-ethyl adjacent to an activating group) is 1. The standard InChI is InChI=1S/C18H22N4O/c1-21(15-9-10-19-11-15)18(23)16-12-20-22(17(16)13-7-8-13)14-5-3-2-4-6-14/h2-6,12-13,15,19H,7-11H2,1H3. The maximum absolute atomic E-state index is 13.0. The van der Waals surface area contributed by atoms with Gasteiger partial charge in [0.05, 0.1) is 23.1 Å². The van der Waals surface area contributed by atoms with Crippen LogP contribution in [0, 0.1) is 0 Å². The summed E-state index contributed by atoms with van der Waals surface area (Å²) in [4.78, 5) is 14.9. The molecule has 0 bridgehead atoms. The molecule has 2 aromatic rings. The van der Waals surface area contributed by atoms with Gasteiger partial charge >= 0.3 is 0 Å². The number of nitrogens with one attached hydrogen (secondary N) is 1. The Kier molecular flexibility index (Phi) is 3.65. The zero-order valence-electron chi connectivity index (χ0n) is 13.4. The highest BCUT2D eigenvalue weighted by Gasteiger charge is 2.35. The minimum absolute atomic E-state index is 0.0998. The van der Waals surface area contributed by atoms with Gasteiger partial charge in [-0.3, -0.25) is 4.79 Å². The number of hydrogen-bond acceptors (Lipinski definition) is 3. The molecule has 4 rings (SSSR count). The summed E-state index contributed by atoms with van der Waals surface area (Å²) in [5, 5.41) is 7.86. The summed E-state index contributed by atoms with van der Waals surface area (Å²) in [5.41, 5.74) is 2.88. The number of para-hydroxylation sites is 1. The highest BCUT2D eigenvalue weighted by atomic mass is 16.2. The number of carbonyl (C=O) groups is 1. The zero-order chi connectivity index (χ0) is 15.8. The van der Waals surface area contributed by atoms with Gasteiger partial charge in [-0.1, -0.05) is 18.2 Å². The molecule has 0 radical (unpaired) electrons. The molecule has 1 aromatic heterocycles. The van der Waals surface area contributed by atoms with Gasteiger partial charge in [0.25, 0.3) is 5.91 Å². The van der Waals surface area contributed by atoms with Gasteiger partial charge in [-0.15, -0.1) is 0 Å². The Morgan fingerprint density at radius 3 is 2.70 bits per heavy atom. The largest absolute Gasteiger partial charge is 0.337 e. The van der Waals surface area contributed by atoms with Gasteiger partial charge < -0.3 is 10.2 Å². The first kappa shape index (κ1) is 14.5. The molecule has 1 unspecified atom stereocenters. The smallest absolute Gasteiger partial charge is 0.257 e. The molecule has 0 spiro atoms. The van der Waals surface area contributed by atoms with Gasteiger partial charge in [-0.05, 0) is 37.9 Å². The van der Waals surface area contributed by atoms with Crippen molar-refractivity contribution >= 4 is 5.91 Å². The Bertz CT molecular complexity index is 699. The van der Waals surface area contributed by atoms with Crippen molar-refractivity contribution in [1.82, 2.24) is 20.0 Å². The van der Waals surface area contributed by atoms with Gasteiger partial charge in [0.2, 0.25) is 0 Å². The Balaban J connectivity index is 1.69. The highest BCUT2D eigenvalue weighted by Crippen LogP contribution is 2.42. The average Bonchev–Trinajstić information content (AvgIpc) is 3.12. The van der Waals surface area contributed by atoms with Crippen LogP contribution in [-0.2, 0) is 0 Å². The summed E-state index contributed by atoms with van der Waals surface area (Å²) in [6, 6.07) is 10.4. The molecule has 1 saturated carbocycles. The van der Waals surface area contributed by atoms with Crippen LogP contribution in [0.15, 0.2) is 36.5 Å². The summed E-state index contributed by atoms with van der Waals surface area (Å²) in [6.45, 7) is 1.87. The third kappa shape index (κ3) is 2.65. The lowest BCUT2D eigenvalue weighted by Gasteiger charge is -2.24. The molecule has 5 nitrogen and oxygen atoms in total. The van der Waals surface area contributed by atoms with Crippen molar-refractivity contribution in [3.63, 3.8) is 0 Å². The van der Waals surface area contributed by atoms with Crippen molar-refractivity contribution in [2.24, 2.45) is 0 Å². The van der Waals surface area contributed by atoms with E-state index in [1.165, 1.54) is 0 Å². The highest BCUT2D eigenvalue weighted by molar-refractivity contribution is 5.95. The van der Waals surface area contributed by atoms with E-state index in [-0.39, 0.29) is 11.9 Å². The maximum atomic E-state index is 13.0. The van der Waals surface area contributed by atoms with Crippen molar-refractivity contribution in [2.45, 2.75) is 31.2 Å². The van der Waals surface area contributed by atoms with Crippen LogP contribution in [-0.4, -0.2) is 46.8 Å². The number of rotatable bonds is 4. The van der Waals surface area contributed by atoms with Crippen LogP contribution < -0.4 is 5.32 Å². The molecule has 1 aliphatic carbocycles. The summed E-state index contributed by atoms with van der Waals surface area (Å²) < 4.78 is 1.95. The normalized spacial score (nSPS) is 20.7.